The third-order valence-electron chi connectivity index (χ3n) is 6.67. The highest BCUT2D eigenvalue weighted by Gasteiger charge is 2.28. The SMILES string of the molecule is Cc1cc(C(=O)CN2CCC(C(=O)c3ccccc3)CC2)c(C)n1CC1CCCO1. The summed E-state index contributed by atoms with van der Waals surface area (Å²) in [7, 11) is 0. The van der Waals surface area contributed by atoms with Crippen LogP contribution in [0.15, 0.2) is 36.4 Å². The number of nitrogens with zero attached hydrogens (tertiary/aromatic N) is 2. The summed E-state index contributed by atoms with van der Waals surface area (Å²) in [6, 6.07) is 11.6. The first-order chi connectivity index (χ1) is 14.5. The lowest BCUT2D eigenvalue weighted by molar-refractivity contribution is 0.0804. The summed E-state index contributed by atoms with van der Waals surface area (Å²) in [5.74, 6) is 0.476. The maximum absolute atomic E-state index is 13.0. The standard InChI is InChI=1S/C25H32N2O3/c1-18-15-23(19(2)27(18)16-22-9-6-14-30-22)24(28)17-26-12-10-21(11-13-26)25(29)20-7-4-3-5-8-20/h3-5,7-8,15,21-22H,6,9-14,16-17H2,1-2H3. The number of ketones is 2. The minimum atomic E-state index is 0.0650. The van der Waals surface area contributed by atoms with Gasteiger partial charge in [0.25, 0.3) is 0 Å². The van der Waals surface area contributed by atoms with Gasteiger partial charge in [-0.2, -0.15) is 0 Å². The molecule has 3 heterocycles. The van der Waals surface area contributed by atoms with Crippen LogP contribution in [0.1, 0.15) is 57.8 Å². The summed E-state index contributed by atoms with van der Waals surface area (Å²) in [5, 5.41) is 0. The van der Waals surface area contributed by atoms with E-state index in [1.165, 1.54) is 0 Å². The molecule has 160 valence electrons. The Balaban J connectivity index is 1.33. The Bertz CT molecular complexity index is 889. The average Bonchev–Trinajstić information content (AvgIpc) is 3.38. The molecule has 0 radical (unpaired) electrons. The highest BCUT2D eigenvalue weighted by Crippen LogP contribution is 2.24. The molecule has 1 aromatic heterocycles. The van der Waals surface area contributed by atoms with Crippen molar-refractivity contribution in [3.63, 3.8) is 0 Å². The predicted molar refractivity (Wildman–Crippen MR) is 117 cm³/mol. The molecule has 30 heavy (non-hydrogen) atoms. The Hall–Kier alpha value is -2.24. The zero-order chi connectivity index (χ0) is 21.1. The summed E-state index contributed by atoms with van der Waals surface area (Å²) in [4.78, 5) is 27.9. The van der Waals surface area contributed by atoms with E-state index in [1.807, 2.05) is 43.3 Å². The molecule has 2 aliphatic rings. The van der Waals surface area contributed by atoms with E-state index in [-0.39, 0.29) is 23.6 Å². The highest BCUT2D eigenvalue weighted by atomic mass is 16.5. The molecule has 0 amide bonds. The van der Waals surface area contributed by atoms with Crippen molar-refractivity contribution >= 4 is 11.6 Å². The van der Waals surface area contributed by atoms with Gasteiger partial charge in [-0.05, 0) is 58.7 Å². The Morgan fingerprint density at radius 3 is 2.47 bits per heavy atom. The van der Waals surface area contributed by atoms with Gasteiger partial charge < -0.3 is 9.30 Å². The van der Waals surface area contributed by atoms with E-state index in [2.05, 4.69) is 16.4 Å². The van der Waals surface area contributed by atoms with Crippen molar-refractivity contribution in [2.75, 3.05) is 26.2 Å². The number of benzene rings is 1. The number of carbonyl (C=O) groups excluding carboxylic acids is 2. The summed E-state index contributed by atoms with van der Waals surface area (Å²) in [6.07, 6.45) is 4.12. The number of carbonyl (C=O) groups is 2. The van der Waals surface area contributed by atoms with Gasteiger partial charge in [0.2, 0.25) is 0 Å². The third kappa shape index (κ3) is 4.57. The number of Topliss-reactive ketones (excluding diaryl/α,β-unsaturated/α-hetero) is 2. The van der Waals surface area contributed by atoms with Crippen molar-refractivity contribution in [1.29, 1.82) is 0 Å². The van der Waals surface area contributed by atoms with Crippen LogP contribution in [0.25, 0.3) is 0 Å². The lowest BCUT2D eigenvalue weighted by atomic mass is 9.89. The smallest absolute Gasteiger partial charge is 0.178 e. The van der Waals surface area contributed by atoms with Gasteiger partial charge in [0, 0.05) is 41.6 Å². The minimum absolute atomic E-state index is 0.0650. The van der Waals surface area contributed by atoms with Gasteiger partial charge >= 0.3 is 0 Å². The Morgan fingerprint density at radius 1 is 1.07 bits per heavy atom. The van der Waals surface area contributed by atoms with Crippen molar-refractivity contribution in [3.05, 3.63) is 58.9 Å². The molecular weight excluding hydrogens is 376 g/mol. The minimum Gasteiger partial charge on any atom is -0.376 e. The van der Waals surface area contributed by atoms with Crippen LogP contribution in [-0.2, 0) is 11.3 Å². The van der Waals surface area contributed by atoms with Gasteiger partial charge in [-0.15, -0.1) is 0 Å². The van der Waals surface area contributed by atoms with Crippen molar-refractivity contribution in [2.24, 2.45) is 5.92 Å². The summed E-state index contributed by atoms with van der Waals surface area (Å²) in [5.41, 5.74) is 3.79. The molecular formula is C25H32N2O3. The van der Waals surface area contributed by atoms with E-state index in [1.54, 1.807) is 0 Å². The van der Waals surface area contributed by atoms with E-state index in [9.17, 15) is 9.59 Å². The molecule has 2 aromatic rings. The third-order valence-corrected chi connectivity index (χ3v) is 6.67. The maximum Gasteiger partial charge on any atom is 0.178 e. The quantitative estimate of drug-likeness (QED) is 0.649. The largest absolute Gasteiger partial charge is 0.376 e. The van der Waals surface area contributed by atoms with Crippen LogP contribution in [0.4, 0.5) is 0 Å². The first kappa shape index (κ1) is 21.0. The van der Waals surface area contributed by atoms with E-state index in [0.29, 0.717) is 6.54 Å². The molecule has 2 saturated heterocycles. The number of hydrogen-bond donors (Lipinski definition) is 0. The van der Waals surface area contributed by atoms with Crippen molar-refractivity contribution < 1.29 is 14.3 Å². The first-order valence-electron chi connectivity index (χ1n) is 11.2. The van der Waals surface area contributed by atoms with Gasteiger partial charge in [-0.3, -0.25) is 14.5 Å². The summed E-state index contributed by atoms with van der Waals surface area (Å²) in [6.45, 7) is 7.81. The molecule has 1 atom stereocenters. The number of ether oxygens (including phenoxy) is 1. The molecule has 0 N–H and O–H groups in total. The molecule has 1 aromatic carbocycles. The number of aromatic nitrogens is 1. The monoisotopic (exact) mass is 408 g/mol. The first-order valence-corrected chi connectivity index (χ1v) is 11.2. The number of hydrogen-bond acceptors (Lipinski definition) is 4. The molecule has 0 saturated carbocycles. The second-order valence-electron chi connectivity index (χ2n) is 8.73. The molecule has 5 heteroatoms. The van der Waals surface area contributed by atoms with Crippen LogP contribution >= 0.6 is 0 Å². The highest BCUT2D eigenvalue weighted by molar-refractivity contribution is 5.99. The maximum atomic E-state index is 13.0. The zero-order valence-corrected chi connectivity index (χ0v) is 18.1. The molecule has 0 bridgehead atoms. The number of piperidine rings is 1. The van der Waals surface area contributed by atoms with Crippen LogP contribution in [0.2, 0.25) is 0 Å². The fourth-order valence-electron chi connectivity index (χ4n) is 4.84. The van der Waals surface area contributed by atoms with Crippen molar-refractivity contribution in [1.82, 2.24) is 9.47 Å². The predicted octanol–water partition coefficient (Wildman–Crippen LogP) is 4.06. The topological polar surface area (TPSA) is 51.5 Å². The van der Waals surface area contributed by atoms with Crippen molar-refractivity contribution in [3.8, 4) is 0 Å². The van der Waals surface area contributed by atoms with Gasteiger partial charge in [0.1, 0.15) is 0 Å². The normalized spacial score (nSPS) is 20.5. The van der Waals surface area contributed by atoms with Crippen LogP contribution < -0.4 is 0 Å². The lowest BCUT2D eigenvalue weighted by Crippen LogP contribution is -2.39. The van der Waals surface area contributed by atoms with Gasteiger partial charge in [-0.1, -0.05) is 30.3 Å². The van der Waals surface area contributed by atoms with Gasteiger partial charge in [0.15, 0.2) is 11.6 Å². The van der Waals surface area contributed by atoms with Crippen LogP contribution in [0.5, 0.6) is 0 Å². The second kappa shape index (κ2) is 9.27. The molecule has 0 aliphatic carbocycles. The zero-order valence-electron chi connectivity index (χ0n) is 18.1. The van der Waals surface area contributed by atoms with Crippen LogP contribution in [0.3, 0.4) is 0 Å². The Morgan fingerprint density at radius 2 is 1.80 bits per heavy atom. The molecule has 4 rings (SSSR count). The molecule has 0 spiro atoms. The Labute approximate surface area is 179 Å². The fraction of sp³-hybridized carbons (Fsp3) is 0.520. The van der Waals surface area contributed by atoms with E-state index < -0.39 is 0 Å². The molecule has 2 fully saturated rings. The Kier molecular flexibility index (Phi) is 6.49. The number of aryl methyl sites for hydroxylation is 1. The summed E-state index contributed by atoms with van der Waals surface area (Å²) < 4.78 is 8.01. The van der Waals surface area contributed by atoms with Crippen molar-refractivity contribution in [2.45, 2.75) is 52.2 Å². The second-order valence-corrected chi connectivity index (χ2v) is 8.73. The van der Waals surface area contributed by atoms with Crippen LogP contribution in [0, 0.1) is 19.8 Å². The number of rotatable bonds is 7. The van der Waals surface area contributed by atoms with Gasteiger partial charge in [0.05, 0.1) is 12.6 Å². The summed E-state index contributed by atoms with van der Waals surface area (Å²) >= 11 is 0. The van der Waals surface area contributed by atoms with E-state index >= 15 is 0 Å². The lowest BCUT2D eigenvalue weighted by Gasteiger charge is -2.30. The number of likely N-dealkylation sites (tertiary alicyclic amines) is 1. The van der Waals surface area contributed by atoms with E-state index in [4.69, 9.17) is 4.74 Å². The molecule has 1 unspecified atom stereocenters. The average molecular weight is 409 g/mol. The fourth-order valence-corrected chi connectivity index (χ4v) is 4.84. The molecule has 2 aliphatic heterocycles. The van der Waals surface area contributed by atoms with Crippen LogP contribution in [-0.4, -0.2) is 53.4 Å². The van der Waals surface area contributed by atoms with Gasteiger partial charge in [-0.25, -0.2) is 0 Å². The van der Waals surface area contributed by atoms with E-state index in [0.717, 1.165) is 74.4 Å². The molecule has 5 nitrogen and oxygen atoms in total.